The number of hydrogen-bond acceptors (Lipinski definition) is 4. The number of rotatable bonds is 2. The van der Waals surface area contributed by atoms with Gasteiger partial charge in [0.2, 0.25) is 0 Å². The lowest BCUT2D eigenvalue weighted by atomic mass is 10.1. The van der Waals surface area contributed by atoms with Crippen molar-refractivity contribution >= 4 is 17.6 Å². The van der Waals surface area contributed by atoms with Crippen LogP contribution in [0.4, 0.5) is 5.69 Å². The molecule has 0 saturated heterocycles. The molecule has 1 aliphatic rings. The van der Waals surface area contributed by atoms with Gasteiger partial charge >= 0.3 is 5.97 Å². The molecule has 0 aliphatic carbocycles. The summed E-state index contributed by atoms with van der Waals surface area (Å²) in [4.78, 5) is 28.8. The molecular formula is C15H12N2O4. The summed E-state index contributed by atoms with van der Waals surface area (Å²) in [5, 5.41) is 18.8. The van der Waals surface area contributed by atoms with E-state index in [0.717, 1.165) is 5.56 Å². The number of aromatic nitrogens is 1. The Hall–Kier alpha value is -2.89. The molecule has 0 bridgehead atoms. The molecule has 0 radical (unpaired) electrons. The lowest BCUT2D eigenvalue weighted by Gasteiger charge is -2.18. The van der Waals surface area contributed by atoms with Gasteiger partial charge in [0, 0.05) is 18.4 Å². The van der Waals surface area contributed by atoms with Gasteiger partial charge < -0.3 is 15.1 Å². The van der Waals surface area contributed by atoms with Crippen LogP contribution in [-0.2, 0) is 6.42 Å². The number of carbonyl (C=O) groups is 2. The summed E-state index contributed by atoms with van der Waals surface area (Å²) in [6.07, 6.45) is 3.29. The third kappa shape index (κ3) is 2.20. The van der Waals surface area contributed by atoms with E-state index in [0.29, 0.717) is 18.7 Å². The first-order valence-electron chi connectivity index (χ1n) is 6.39. The second-order valence-electron chi connectivity index (χ2n) is 4.75. The van der Waals surface area contributed by atoms with Gasteiger partial charge in [0.25, 0.3) is 5.91 Å². The average molecular weight is 284 g/mol. The van der Waals surface area contributed by atoms with Crippen molar-refractivity contribution in [1.82, 2.24) is 4.98 Å². The third-order valence-electron chi connectivity index (χ3n) is 3.50. The molecule has 0 unspecified atom stereocenters. The Morgan fingerprint density at radius 1 is 1.24 bits per heavy atom. The summed E-state index contributed by atoms with van der Waals surface area (Å²) < 4.78 is 0. The van der Waals surface area contributed by atoms with E-state index in [1.807, 2.05) is 0 Å². The van der Waals surface area contributed by atoms with Crippen molar-refractivity contribution in [3.63, 3.8) is 0 Å². The number of anilines is 1. The van der Waals surface area contributed by atoms with E-state index in [4.69, 9.17) is 5.11 Å². The van der Waals surface area contributed by atoms with E-state index >= 15 is 0 Å². The monoisotopic (exact) mass is 284 g/mol. The van der Waals surface area contributed by atoms with Gasteiger partial charge in [0.1, 0.15) is 5.75 Å². The predicted molar refractivity (Wildman–Crippen MR) is 74.7 cm³/mol. The molecule has 0 spiro atoms. The minimum Gasteiger partial charge on any atom is -0.505 e. The maximum atomic E-state index is 12.5. The van der Waals surface area contributed by atoms with Crippen LogP contribution in [0, 0.1) is 0 Å². The zero-order valence-electron chi connectivity index (χ0n) is 11.0. The zero-order valence-corrected chi connectivity index (χ0v) is 11.0. The van der Waals surface area contributed by atoms with Gasteiger partial charge in [-0.25, -0.2) is 4.79 Å². The normalized spacial score (nSPS) is 13.0. The molecule has 3 rings (SSSR count). The lowest BCUT2D eigenvalue weighted by Crippen LogP contribution is -2.29. The van der Waals surface area contributed by atoms with Crippen molar-refractivity contribution in [2.75, 3.05) is 11.4 Å². The largest absolute Gasteiger partial charge is 0.505 e. The highest BCUT2D eigenvalue weighted by Gasteiger charge is 2.27. The molecule has 1 aromatic carbocycles. The molecule has 21 heavy (non-hydrogen) atoms. The summed E-state index contributed by atoms with van der Waals surface area (Å²) in [6, 6.07) is 6.18. The van der Waals surface area contributed by atoms with E-state index in [-0.39, 0.29) is 22.8 Å². The first-order valence-corrected chi connectivity index (χ1v) is 6.39. The summed E-state index contributed by atoms with van der Waals surface area (Å²) in [6.45, 7) is 0.457. The van der Waals surface area contributed by atoms with Gasteiger partial charge in [-0.1, -0.05) is 6.07 Å². The van der Waals surface area contributed by atoms with Crippen LogP contribution >= 0.6 is 0 Å². The van der Waals surface area contributed by atoms with Crippen molar-refractivity contribution < 1.29 is 19.8 Å². The minimum absolute atomic E-state index is 0.132. The third-order valence-corrected chi connectivity index (χ3v) is 3.50. The number of amides is 1. The molecule has 1 amide bonds. The molecular weight excluding hydrogens is 272 g/mol. The van der Waals surface area contributed by atoms with E-state index in [1.54, 1.807) is 6.07 Å². The summed E-state index contributed by atoms with van der Waals surface area (Å²) in [5.41, 5.74) is 1.78. The number of pyridine rings is 1. The van der Waals surface area contributed by atoms with E-state index in [9.17, 15) is 14.7 Å². The lowest BCUT2D eigenvalue weighted by molar-refractivity contribution is 0.0696. The molecule has 0 atom stereocenters. The van der Waals surface area contributed by atoms with Crippen LogP contribution in [-0.4, -0.2) is 33.6 Å². The molecule has 1 aromatic heterocycles. The highest BCUT2D eigenvalue weighted by atomic mass is 16.4. The van der Waals surface area contributed by atoms with Crippen LogP contribution in [0.2, 0.25) is 0 Å². The Morgan fingerprint density at radius 2 is 2.05 bits per heavy atom. The van der Waals surface area contributed by atoms with Gasteiger partial charge in [-0.3, -0.25) is 9.78 Å². The first-order chi connectivity index (χ1) is 10.1. The zero-order chi connectivity index (χ0) is 15.0. The molecule has 1 aliphatic heterocycles. The van der Waals surface area contributed by atoms with Crippen LogP contribution in [0.25, 0.3) is 0 Å². The van der Waals surface area contributed by atoms with Crippen molar-refractivity contribution in [3.05, 3.63) is 53.3 Å². The van der Waals surface area contributed by atoms with Gasteiger partial charge in [0.05, 0.1) is 17.3 Å². The fourth-order valence-corrected chi connectivity index (χ4v) is 2.44. The molecule has 0 fully saturated rings. The van der Waals surface area contributed by atoms with Crippen molar-refractivity contribution in [2.45, 2.75) is 6.42 Å². The summed E-state index contributed by atoms with van der Waals surface area (Å²) in [5.74, 6) is -1.59. The number of carbonyl (C=O) groups excluding carboxylic acids is 1. The number of aromatic hydroxyl groups is 1. The number of nitrogens with zero attached hydrogens (tertiary/aromatic N) is 2. The molecule has 6 heteroatoms. The van der Waals surface area contributed by atoms with Gasteiger partial charge in [-0.2, -0.15) is 0 Å². The number of hydrogen-bond donors (Lipinski definition) is 2. The Labute approximate surface area is 120 Å². The first kappa shape index (κ1) is 13.1. The van der Waals surface area contributed by atoms with E-state index < -0.39 is 5.97 Å². The highest BCUT2D eigenvalue weighted by Crippen LogP contribution is 2.31. The van der Waals surface area contributed by atoms with Crippen molar-refractivity contribution in [2.24, 2.45) is 0 Å². The molecule has 2 heterocycles. The fourth-order valence-electron chi connectivity index (χ4n) is 2.44. The Balaban J connectivity index is 2.01. The summed E-state index contributed by atoms with van der Waals surface area (Å²) >= 11 is 0. The SMILES string of the molecule is O=C(O)c1ccc2c(c1)N(C(=O)c1ccncc1O)CC2. The van der Waals surface area contributed by atoms with Gasteiger partial charge in [0.15, 0.2) is 0 Å². The second-order valence-corrected chi connectivity index (χ2v) is 4.75. The van der Waals surface area contributed by atoms with Gasteiger partial charge in [-0.05, 0) is 30.2 Å². The molecule has 2 N–H and O–H groups in total. The number of carboxylic acid groups (broad SMARTS) is 1. The maximum absolute atomic E-state index is 12.5. The quantitative estimate of drug-likeness (QED) is 0.875. The smallest absolute Gasteiger partial charge is 0.335 e. The Morgan fingerprint density at radius 3 is 2.76 bits per heavy atom. The molecule has 106 valence electrons. The van der Waals surface area contributed by atoms with Crippen molar-refractivity contribution in [1.29, 1.82) is 0 Å². The van der Waals surface area contributed by atoms with Crippen LogP contribution in [0.3, 0.4) is 0 Å². The van der Waals surface area contributed by atoms with Crippen LogP contribution < -0.4 is 4.90 Å². The van der Waals surface area contributed by atoms with E-state index in [1.165, 1.54) is 35.5 Å². The minimum atomic E-state index is -1.04. The average Bonchev–Trinajstić information content (AvgIpc) is 2.90. The maximum Gasteiger partial charge on any atom is 0.335 e. The molecule has 0 saturated carbocycles. The van der Waals surface area contributed by atoms with Crippen LogP contribution in [0.5, 0.6) is 5.75 Å². The predicted octanol–water partition coefficient (Wildman–Crippen LogP) is 1.69. The Bertz CT molecular complexity index is 742. The van der Waals surface area contributed by atoms with Crippen molar-refractivity contribution in [3.8, 4) is 5.75 Å². The number of fused-ring (bicyclic) bond motifs is 1. The Kier molecular flexibility index (Phi) is 3.06. The number of carboxylic acids is 1. The highest BCUT2D eigenvalue weighted by molar-refractivity contribution is 6.09. The molecule has 2 aromatic rings. The van der Waals surface area contributed by atoms with Crippen LogP contribution in [0.1, 0.15) is 26.3 Å². The number of aromatic carboxylic acids is 1. The second kappa shape index (κ2) is 4.90. The number of benzene rings is 1. The summed E-state index contributed by atoms with van der Waals surface area (Å²) in [7, 11) is 0. The van der Waals surface area contributed by atoms with Gasteiger partial charge in [-0.15, -0.1) is 0 Å². The fraction of sp³-hybridized carbons (Fsp3) is 0.133. The van der Waals surface area contributed by atoms with E-state index in [2.05, 4.69) is 4.98 Å². The standard InChI is InChI=1S/C15H12N2O4/c18-13-8-16-5-3-11(13)14(19)17-6-4-9-1-2-10(15(20)21)7-12(9)17/h1-3,5,7-8,18H,4,6H2,(H,20,21). The molecule has 6 nitrogen and oxygen atoms in total. The topological polar surface area (TPSA) is 90.7 Å². The van der Waals surface area contributed by atoms with Crippen LogP contribution in [0.15, 0.2) is 36.7 Å².